The molecule has 0 amide bonds. The molecule has 2 N–H and O–H groups in total. The van der Waals surface area contributed by atoms with Gasteiger partial charge < -0.3 is 10.3 Å². The Balaban J connectivity index is 2.38. The van der Waals surface area contributed by atoms with E-state index in [2.05, 4.69) is 36.1 Å². The van der Waals surface area contributed by atoms with Crippen LogP contribution in [0.5, 0.6) is 0 Å². The monoisotopic (exact) mass is 217 g/mol. The molecule has 0 radical (unpaired) electrons. The highest BCUT2D eigenvalue weighted by molar-refractivity contribution is 5.30. The summed E-state index contributed by atoms with van der Waals surface area (Å²) >= 11 is 0. The molecule has 1 heterocycles. The summed E-state index contributed by atoms with van der Waals surface area (Å²) in [5, 5.41) is 3.97. The molecule has 0 unspecified atom stereocenters. The van der Waals surface area contributed by atoms with E-state index in [1.165, 1.54) is 0 Å². The van der Waals surface area contributed by atoms with Crippen molar-refractivity contribution in [1.82, 2.24) is 10.1 Å². The Hall–Kier alpha value is -1.68. The number of nitrogens with two attached hydrogens (primary N) is 1. The van der Waals surface area contributed by atoms with E-state index in [-0.39, 0.29) is 12.0 Å². The van der Waals surface area contributed by atoms with Gasteiger partial charge in [0.2, 0.25) is 5.89 Å². The van der Waals surface area contributed by atoms with E-state index >= 15 is 0 Å². The first-order chi connectivity index (χ1) is 7.64. The average molecular weight is 217 g/mol. The Morgan fingerprint density at radius 2 is 1.94 bits per heavy atom. The molecule has 0 saturated heterocycles. The maximum Gasteiger partial charge on any atom is 0.240 e. The van der Waals surface area contributed by atoms with Crippen LogP contribution in [0.25, 0.3) is 0 Å². The van der Waals surface area contributed by atoms with Gasteiger partial charge in [-0.15, -0.1) is 0 Å². The zero-order chi connectivity index (χ0) is 11.6. The lowest BCUT2D eigenvalue weighted by molar-refractivity contribution is 0.367. The van der Waals surface area contributed by atoms with Crippen molar-refractivity contribution in [3.8, 4) is 0 Å². The Morgan fingerprint density at radius 3 is 2.50 bits per heavy atom. The highest BCUT2D eigenvalue weighted by Crippen LogP contribution is 2.28. The van der Waals surface area contributed by atoms with Crippen LogP contribution in [0.2, 0.25) is 0 Å². The molecule has 0 aliphatic heterocycles. The number of aromatic nitrogens is 2. The molecule has 2 aromatic rings. The fraction of sp³-hybridized carbons (Fsp3) is 0.333. The number of benzene rings is 1. The van der Waals surface area contributed by atoms with E-state index in [1.807, 2.05) is 18.2 Å². The van der Waals surface area contributed by atoms with E-state index in [1.54, 1.807) is 0 Å². The van der Waals surface area contributed by atoms with Gasteiger partial charge in [0.15, 0.2) is 5.82 Å². The molecule has 2 rings (SSSR count). The third kappa shape index (κ3) is 1.84. The zero-order valence-electron chi connectivity index (χ0n) is 9.47. The van der Waals surface area contributed by atoms with E-state index < -0.39 is 0 Å². The zero-order valence-corrected chi connectivity index (χ0v) is 9.47. The van der Waals surface area contributed by atoms with E-state index in [0.717, 1.165) is 5.56 Å². The highest BCUT2D eigenvalue weighted by Gasteiger charge is 2.28. The minimum atomic E-state index is -0.266. The molecule has 0 bridgehead atoms. The molecule has 16 heavy (non-hydrogen) atoms. The Kier molecular flexibility index (Phi) is 2.75. The maximum absolute atomic E-state index is 5.45. The lowest BCUT2D eigenvalue weighted by Gasteiger charge is -2.20. The topological polar surface area (TPSA) is 64.9 Å². The molecule has 0 saturated carbocycles. The standard InChI is InChI=1S/C12H15N3O/c1-12(2,9-6-4-3-5-7-9)11-14-10(8-13)16-15-11/h3-7H,8,13H2,1-2H3. The Labute approximate surface area is 94.5 Å². The smallest absolute Gasteiger partial charge is 0.240 e. The van der Waals surface area contributed by atoms with Gasteiger partial charge in [-0.05, 0) is 19.4 Å². The van der Waals surface area contributed by atoms with Crippen LogP contribution in [0.15, 0.2) is 34.9 Å². The van der Waals surface area contributed by atoms with Gasteiger partial charge in [-0.25, -0.2) is 0 Å². The molecular formula is C12H15N3O. The van der Waals surface area contributed by atoms with Gasteiger partial charge in [0.05, 0.1) is 12.0 Å². The van der Waals surface area contributed by atoms with Gasteiger partial charge in [-0.3, -0.25) is 0 Å². The van der Waals surface area contributed by atoms with Crippen LogP contribution < -0.4 is 5.73 Å². The van der Waals surface area contributed by atoms with Crippen molar-refractivity contribution in [2.75, 3.05) is 0 Å². The predicted molar refractivity (Wildman–Crippen MR) is 60.8 cm³/mol. The Morgan fingerprint density at radius 1 is 1.25 bits per heavy atom. The van der Waals surface area contributed by atoms with Crippen molar-refractivity contribution in [3.05, 3.63) is 47.6 Å². The van der Waals surface area contributed by atoms with E-state index in [4.69, 9.17) is 10.3 Å². The minimum absolute atomic E-state index is 0.266. The predicted octanol–water partition coefficient (Wildman–Crippen LogP) is 1.85. The number of hydrogen-bond acceptors (Lipinski definition) is 4. The molecule has 1 aromatic heterocycles. The largest absolute Gasteiger partial charge is 0.338 e. The second-order valence-electron chi connectivity index (χ2n) is 4.21. The van der Waals surface area contributed by atoms with Crippen LogP contribution in [0.3, 0.4) is 0 Å². The van der Waals surface area contributed by atoms with E-state index in [0.29, 0.717) is 11.7 Å². The van der Waals surface area contributed by atoms with Crippen LogP contribution in [0.1, 0.15) is 31.1 Å². The normalized spacial score (nSPS) is 11.7. The van der Waals surface area contributed by atoms with Crippen molar-refractivity contribution in [2.24, 2.45) is 5.73 Å². The highest BCUT2D eigenvalue weighted by atomic mass is 16.5. The van der Waals surface area contributed by atoms with Crippen LogP contribution in [-0.4, -0.2) is 10.1 Å². The molecule has 0 spiro atoms. The summed E-state index contributed by atoms with van der Waals surface area (Å²) in [5.41, 5.74) is 6.34. The Bertz CT molecular complexity index is 462. The molecular weight excluding hydrogens is 202 g/mol. The minimum Gasteiger partial charge on any atom is -0.338 e. The summed E-state index contributed by atoms with van der Waals surface area (Å²) < 4.78 is 5.04. The van der Waals surface area contributed by atoms with Crippen molar-refractivity contribution >= 4 is 0 Å². The quantitative estimate of drug-likeness (QED) is 0.852. The van der Waals surface area contributed by atoms with Gasteiger partial charge in [0.25, 0.3) is 0 Å². The summed E-state index contributed by atoms with van der Waals surface area (Å²) in [4.78, 5) is 4.27. The molecule has 0 atom stereocenters. The van der Waals surface area contributed by atoms with Crippen LogP contribution in [0.4, 0.5) is 0 Å². The van der Waals surface area contributed by atoms with Crippen molar-refractivity contribution < 1.29 is 4.52 Å². The molecule has 4 heteroatoms. The SMILES string of the molecule is CC(C)(c1ccccc1)c1noc(CN)n1. The summed E-state index contributed by atoms with van der Waals surface area (Å²) in [5.74, 6) is 1.14. The first kappa shape index (κ1) is 10.8. The molecule has 84 valence electrons. The summed E-state index contributed by atoms with van der Waals surface area (Å²) in [6, 6.07) is 10.1. The van der Waals surface area contributed by atoms with Gasteiger partial charge in [0.1, 0.15) is 0 Å². The molecule has 0 fully saturated rings. The second-order valence-corrected chi connectivity index (χ2v) is 4.21. The van der Waals surface area contributed by atoms with Gasteiger partial charge >= 0.3 is 0 Å². The number of rotatable bonds is 3. The van der Waals surface area contributed by atoms with Crippen LogP contribution in [0, 0.1) is 0 Å². The fourth-order valence-electron chi connectivity index (χ4n) is 1.58. The maximum atomic E-state index is 5.45. The third-order valence-electron chi connectivity index (χ3n) is 2.70. The van der Waals surface area contributed by atoms with Gasteiger partial charge in [-0.2, -0.15) is 4.98 Å². The van der Waals surface area contributed by atoms with Crippen molar-refractivity contribution in [2.45, 2.75) is 25.8 Å². The summed E-state index contributed by atoms with van der Waals surface area (Å²) in [6.45, 7) is 4.40. The van der Waals surface area contributed by atoms with Crippen LogP contribution in [-0.2, 0) is 12.0 Å². The summed E-state index contributed by atoms with van der Waals surface area (Å²) in [7, 11) is 0. The average Bonchev–Trinajstić information content (AvgIpc) is 2.79. The lowest BCUT2D eigenvalue weighted by atomic mass is 9.84. The fourth-order valence-corrected chi connectivity index (χ4v) is 1.58. The van der Waals surface area contributed by atoms with Gasteiger partial charge in [-0.1, -0.05) is 35.5 Å². The first-order valence-electron chi connectivity index (χ1n) is 5.23. The third-order valence-corrected chi connectivity index (χ3v) is 2.70. The molecule has 4 nitrogen and oxygen atoms in total. The first-order valence-corrected chi connectivity index (χ1v) is 5.23. The van der Waals surface area contributed by atoms with Crippen molar-refractivity contribution in [3.63, 3.8) is 0 Å². The number of nitrogens with zero attached hydrogens (tertiary/aromatic N) is 2. The van der Waals surface area contributed by atoms with Crippen molar-refractivity contribution in [1.29, 1.82) is 0 Å². The van der Waals surface area contributed by atoms with Crippen LogP contribution >= 0.6 is 0 Å². The molecule has 0 aliphatic carbocycles. The second kappa shape index (κ2) is 4.06. The summed E-state index contributed by atoms with van der Waals surface area (Å²) in [6.07, 6.45) is 0. The molecule has 1 aromatic carbocycles. The number of hydrogen-bond donors (Lipinski definition) is 1. The molecule has 0 aliphatic rings. The lowest BCUT2D eigenvalue weighted by Crippen LogP contribution is -2.20. The van der Waals surface area contributed by atoms with Gasteiger partial charge in [0, 0.05) is 0 Å². The van der Waals surface area contributed by atoms with E-state index in [9.17, 15) is 0 Å².